The van der Waals surface area contributed by atoms with Crippen LogP contribution in [-0.4, -0.2) is 23.3 Å². The van der Waals surface area contributed by atoms with E-state index < -0.39 is 0 Å². The maximum Gasteiger partial charge on any atom is 0.257 e. The summed E-state index contributed by atoms with van der Waals surface area (Å²) in [6.45, 7) is 2.48. The van der Waals surface area contributed by atoms with Gasteiger partial charge in [-0.1, -0.05) is 11.6 Å². The highest BCUT2D eigenvalue weighted by Crippen LogP contribution is 2.30. The molecule has 2 heterocycles. The van der Waals surface area contributed by atoms with Crippen molar-refractivity contribution < 1.29 is 14.3 Å². The number of anilines is 2. The van der Waals surface area contributed by atoms with Gasteiger partial charge in [-0.25, -0.2) is 0 Å². The van der Waals surface area contributed by atoms with Gasteiger partial charge in [-0.15, -0.1) is 0 Å². The molecule has 4 rings (SSSR count). The average Bonchev–Trinajstić information content (AvgIpc) is 3.16. The van der Waals surface area contributed by atoms with Crippen LogP contribution >= 0.6 is 11.6 Å². The highest BCUT2D eigenvalue weighted by Gasteiger charge is 2.26. The summed E-state index contributed by atoms with van der Waals surface area (Å²) in [7, 11) is 0. The van der Waals surface area contributed by atoms with Gasteiger partial charge in [0.2, 0.25) is 5.91 Å². The molecule has 7 heteroatoms. The van der Waals surface area contributed by atoms with Gasteiger partial charge in [-0.2, -0.15) is 0 Å². The van der Waals surface area contributed by atoms with Gasteiger partial charge in [0.25, 0.3) is 5.91 Å². The first kappa shape index (κ1) is 19.9. The van der Waals surface area contributed by atoms with E-state index in [0.717, 1.165) is 12.0 Å². The third-order valence-corrected chi connectivity index (χ3v) is 5.10. The minimum atomic E-state index is -0.304. The first-order chi connectivity index (χ1) is 14.5. The van der Waals surface area contributed by atoms with Crippen LogP contribution in [0.1, 0.15) is 28.8 Å². The highest BCUT2D eigenvalue weighted by molar-refractivity contribution is 6.31. The molecule has 0 bridgehead atoms. The molecule has 1 fully saturated rings. The third-order valence-electron chi connectivity index (χ3n) is 4.86. The number of pyridine rings is 1. The number of aryl methyl sites for hydroxylation is 1. The Bertz CT molecular complexity index is 1100. The number of hydrogen-bond acceptors (Lipinski definition) is 4. The summed E-state index contributed by atoms with van der Waals surface area (Å²) < 4.78 is 5.83. The summed E-state index contributed by atoms with van der Waals surface area (Å²) >= 11 is 6.12. The predicted molar refractivity (Wildman–Crippen MR) is 116 cm³/mol. The fraction of sp³-hybridized carbons (Fsp3) is 0.174. The molecule has 0 unspecified atom stereocenters. The van der Waals surface area contributed by atoms with E-state index in [1.807, 2.05) is 19.1 Å². The average molecular weight is 422 g/mol. The number of carbonyl (C=O) groups excluding carboxylic acids is 2. The Morgan fingerprint density at radius 3 is 2.77 bits per heavy atom. The molecule has 2 aromatic carbocycles. The van der Waals surface area contributed by atoms with E-state index in [4.69, 9.17) is 16.3 Å². The van der Waals surface area contributed by atoms with E-state index in [2.05, 4.69) is 10.3 Å². The van der Waals surface area contributed by atoms with Crippen molar-refractivity contribution in [2.75, 3.05) is 16.8 Å². The number of nitrogens with zero attached hydrogens (tertiary/aromatic N) is 2. The molecule has 3 aromatic rings. The number of carbonyl (C=O) groups is 2. The molecule has 1 N–H and O–H groups in total. The Hall–Kier alpha value is -3.38. The Kier molecular flexibility index (Phi) is 5.68. The molecule has 1 aliphatic rings. The minimum absolute atomic E-state index is 0.000866. The van der Waals surface area contributed by atoms with Gasteiger partial charge < -0.3 is 15.0 Å². The molecule has 0 aliphatic carbocycles. The Morgan fingerprint density at radius 1 is 1.20 bits per heavy atom. The molecular formula is C23H20ClN3O3. The Morgan fingerprint density at radius 2 is 2.07 bits per heavy atom. The molecule has 1 saturated heterocycles. The number of amides is 2. The van der Waals surface area contributed by atoms with Crippen LogP contribution in [0.15, 0.2) is 60.9 Å². The van der Waals surface area contributed by atoms with E-state index in [-0.39, 0.29) is 11.8 Å². The zero-order chi connectivity index (χ0) is 21.1. The molecule has 1 aliphatic heterocycles. The molecule has 30 heavy (non-hydrogen) atoms. The van der Waals surface area contributed by atoms with E-state index in [0.29, 0.717) is 46.4 Å². The number of nitrogens with one attached hydrogen (secondary N) is 1. The van der Waals surface area contributed by atoms with Crippen molar-refractivity contribution in [3.8, 4) is 11.5 Å². The second-order valence-electron chi connectivity index (χ2n) is 7.04. The van der Waals surface area contributed by atoms with Gasteiger partial charge in [0.1, 0.15) is 11.5 Å². The second-order valence-corrected chi connectivity index (χ2v) is 7.47. The quantitative estimate of drug-likeness (QED) is 0.613. The lowest BCUT2D eigenvalue weighted by Crippen LogP contribution is -2.27. The van der Waals surface area contributed by atoms with E-state index in [1.54, 1.807) is 53.7 Å². The van der Waals surface area contributed by atoms with Gasteiger partial charge in [-0.3, -0.25) is 14.6 Å². The maximum atomic E-state index is 13.0. The van der Waals surface area contributed by atoms with Crippen LogP contribution in [-0.2, 0) is 4.79 Å². The zero-order valence-electron chi connectivity index (χ0n) is 16.4. The van der Waals surface area contributed by atoms with Crippen LogP contribution in [0.4, 0.5) is 11.4 Å². The second kappa shape index (κ2) is 8.55. The first-order valence-electron chi connectivity index (χ1n) is 9.61. The van der Waals surface area contributed by atoms with Crippen molar-refractivity contribution in [1.29, 1.82) is 0 Å². The van der Waals surface area contributed by atoms with Crippen molar-refractivity contribution in [1.82, 2.24) is 4.98 Å². The minimum Gasteiger partial charge on any atom is -0.455 e. The molecule has 0 saturated carbocycles. The summed E-state index contributed by atoms with van der Waals surface area (Å²) in [5, 5.41) is 3.38. The van der Waals surface area contributed by atoms with Crippen LogP contribution in [0.3, 0.4) is 0 Å². The standard InChI is InChI=1S/C23H20ClN3O3/c1-15-12-17(7-9-21(15)30-18-4-2-10-25-14-18)26-23(29)19-8-6-16(24)13-20(19)27-11-3-5-22(27)28/h2,4,6-10,12-14H,3,5,11H2,1H3,(H,26,29). The summed E-state index contributed by atoms with van der Waals surface area (Å²) in [6.07, 6.45) is 4.56. The number of rotatable bonds is 5. The van der Waals surface area contributed by atoms with Crippen molar-refractivity contribution in [3.63, 3.8) is 0 Å². The largest absolute Gasteiger partial charge is 0.455 e. The molecule has 6 nitrogen and oxygen atoms in total. The Balaban J connectivity index is 1.54. The molecule has 0 radical (unpaired) electrons. The molecule has 2 amide bonds. The predicted octanol–water partition coefficient (Wildman–Crippen LogP) is 5.21. The molecule has 152 valence electrons. The third kappa shape index (κ3) is 4.28. The Labute approximate surface area is 179 Å². The van der Waals surface area contributed by atoms with Crippen LogP contribution < -0.4 is 15.0 Å². The van der Waals surface area contributed by atoms with Crippen molar-refractivity contribution in [2.24, 2.45) is 0 Å². The monoisotopic (exact) mass is 421 g/mol. The van der Waals surface area contributed by atoms with Gasteiger partial charge in [0.05, 0.1) is 17.4 Å². The highest BCUT2D eigenvalue weighted by atomic mass is 35.5. The molecular weight excluding hydrogens is 402 g/mol. The summed E-state index contributed by atoms with van der Waals surface area (Å²) in [4.78, 5) is 30.8. The number of halogens is 1. The fourth-order valence-corrected chi connectivity index (χ4v) is 3.56. The summed E-state index contributed by atoms with van der Waals surface area (Å²) in [5.74, 6) is 1.01. The molecule has 0 atom stereocenters. The van der Waals surface area contributed by atoms with Crippen LogP contribution in [0, 0.1) is 6.92 Å². The van der Waals surface area contributed by atoms with Crippen LogP contribution in [0.5, 0.6) is 11.5 Å². The number of benzene rings is 2. The number of ether oxygens (including phenoxy) is 1. The molecule has 1 aromatic heterocycles. The smallest absolute Gasteiger partial charge is 0.257 e. The maximum absolute atomic E-state index is 13.0. The lowest BCUT2D eigenvalue weighted by Gasteiger charge is -2.20. The fourth-order valence-electron chi connectivity index (χ4n) is 3.40. The first-order valence-corrected chi connectivity index (χ1v) is 9.99. The van der Waals surface area contributed by atoms with Gasteiger partial charge in [0.15, 0.2) is 0 Å². The topological polar surface area (TPSA) is 71.5 Å². The van der Waals surface area contributed by atoms with Crippen LogP contribution in [0.25, 0.3) is 0 Å². The van der Waals surface area contributed by atoms with Crippen molar-refractivity contribution >= 4 is 34.8 Å². The van der Waals surface area contributed by atoms with Gasteiger partial charge in [-0.05, 0) is 67.4 Å². The zero-order valence-corrected chi connectivity index (χ0v) is 17.1. The van der Waals surface area contributed by atoms with Crippen molar-refractivity contribution in [3.05, 3.63) is 77.1 Å². The van der Waals surface area contributed by atoms with E-state index >= 15 is 0 Å². The number of aromatic nitrogens is 1. The molecule has 0 spiro atoms. The van der Waals surface area contributed by atoms with Gasteiger partial charge >= 0.3 is 0 Å². The van der Waals surface area contributed by atoms with E-state index in [9.17, 15) is 9.59 Å². The summed E-state index contributed by atoms with van der Waals surface area (Å²) in [6, 6.07) is 14.0. The SMILES string of the molecule is Cc1cc(NC(=O)c2ccc(Cl)cc2N2CCCC2=O)ccc1Oc1cccnc1. The lowest BCUT2D eigenvalue weighted by atomic mass is 10.1. The number of hydrogen-bond donors (Lipinski definition) is 1. The van der Waals surface area contributed by atoms with Crippen molar-refractivity contribution in [2.45, 2.75) is 19.8 Å². The normalized spacial score (nSPS) is 13.4. The van der Waals surface area contributed by atoms with Crippen LogP contribution in [0.2, 0.25) is 5.02 Å². The lowest BCUT2D eigenvalue weighted by molar-refractivity contribution is -0.117. The van der Waals surface area contributed by atoms with E-state index in [1.165, 1.54) is 0 Å². The van der Waals surface area contributed by atoms with Gasteiger partial charge in [0, 0.05) is 29.9 Å². The summed E-state index contributed by atoms with van der Waals surface area (Å²) in [5.41, 5.74) is 2.44.